The summed E-state index contributed by atoms with van der Waals surface area (Å²) < 4.78 is 12.9. The van der Waals surface area contributed by atoms with Crippen molar-refractivity contribution in [2.45, 2.75) is 83.6 Å². The predicted molar refractivity (Wildman–Crippen MR) is 138 cm³/mol. The minimum atomic E-state index is -0.635. The highest BCUT2D eigenvalue weighted by atomic mass is 127. The molecule has 0 radical (unpaired) electrons. The summed E-state index contributed by atoms with van der Waals surface area (Å²) in [7, 11) is 0. The maximum Gasteiger partial charge on any atom is 0.411 e. The third-order valence-electron chi connectivity index (χ3n) is 6.91. The Morgan fingerprint density at radius 1 is 1.12 bits per heavy atom. The number of hydrogen-bond donors (Lipinski definition) is 0. The van der Waals surface area contributed by atoms with Crippen molar-refractivity contribution in [1.82, 2.24) is 19.7 Å². The van der Waals surface area contributed by atoms with E-state index in [1.54, 1.807) is 11.1 Å². The summed E-state index contributed by atoms with van der Waals surface area (Å²) in [5.74, 6) is 0.516. The first-order valence-corrected chi connectivity index (χ1v) is 13.5. The fourth-order valence-corrected chi connectivity index (χ4v) is 5.25. The molecule has 4 rings (SSSR count). The molecule has 3 heterocycles. The van der Waals surface area contributed by atoms with Crippen LogP contribution in [0.5, 0.6) is 5.88 Å². The normalized spacial score (nSPS) is 24.5. The fourth-order valence-electron chi connectivity index (χ4n) is 4.84. The molecule has 1 aromatic rings. The number of ether oxygens (including phenoxy) is 2. The molecule has 0 spiro atoms. The van der Waals surface area contributed by atoms with Gasteiger partial charge in [0.25, 0.3) is 0 Å². The molecule has 9 heteroatoms. The van der Waals surface area contributed by atoms with Crippen molar-refractivity contribution in [2.24, 2.45) is 0 Å². The van der Waals surface area contributed by atoms with Crippen LogP contribution in [-0.4, -0.2) is 88.2 Å². The first-order valence-electron chi connectivity index (χ1n) is 12.4. The number of likely N-dealkylation sites (tertiary alicyclic amines) is 1. The highest BCUT2D eigenvalue weighted by molar-refractivity contribution is 14.1. The van der Waals surface area contributed by atoms with Gasteiger partial charge in [-0.2, -0.15) is 0 Å². The Morgan fingerprint density at radius 3 is 2.53 bits per heavy atom. The fraction of sp³-hybridized carbons (Fsp3) is 0.720. The maximum atomic E-state index is 13.7. The van der Waals surface area contributed by atoms with Gasteiger partial charge in [-0.05, 0) is 75.1 Å². The van der Waals surface area contributed by atoms with E-state index in [1.807, 2.05) is 38.7 Å². The Hall–Kier alpha value is -1.62. The Balaban J connectivity index is 1.46. The standard InChI is InChI=1S/C25H37IN4O4/c1-17-15-27-22(14-20(17)26)33-19-13-21(30(16-19)24(32)34-25(2,3)4)23(31)29-10-6-9-28(11-12-29)18-7-5-8-18/h14-15,18-19,21H,5-13,16H2,1-4H3/t19-,21+/m0/s1. The van der Waals surface area contributed by atoms with Gasteiger partial charge in [-0.1, -0.05) is 6.42 Å². The van der Waals surface area contributed by atoms with Crippen LogP contribution in [0.4, 0.5) is 4.79 Å². The van der Waals surface area contributed by atoms with Crippen molar-refractivity contribution in [1.29, 1.82) is 0 Å². The quantitative estimate of drug-likeness (QED) is 0.501. The number of nitrogens with zero attached hydrogens (tertiary/aromatic N) is 4. The molecule has 34 heavy (non-hydrogen) atoms. The lowest BCUT2D eigenvalue weighted by atomic mass is 9.91. The molecule has 1 aromatic heterocycles. The van der Waals surface area contributed by atoms with Crippen LogP contribution in [0, 0.1) is 10.5 Å². The second kappa shape index (κ2) is 10.6. The van der Waals surface area contributed by atoms with E-state index in [4.69, 9.17) is 9.47 Å². The zero-order valence-electron chi connectivity index (χ0n) is 20.8. The second-order valence-corrected chi connectivity index (χ2v) is 11.9. The molecule has 2 atom stereocenters. The number of aryl methyl sites for hydroxylation is 1. The van der Waals surface area contributed by atoms with Crippen molar-refractivity contribution in [2.75, 3.05) is 32.7 Å². The van der Waals surface area contributed by atoms with Gasteiger partial charge in [-0.15, -0.1) is 0 Å². The number of halogens is 1. The van der Waals surface area contributed by atoms with E-state index in [0.29, 0.717) is 31.4 Å². The van der Waals surface area contributed by atoms with E-state index in [-0.39, 0.29) is 12.0 Å². The number of pyridine rings is 1. The van der Waals surface area contributed by atoms with Gasteiger partial charge in [0.2, 0.25) is 11.8 Å². The zero-order valence-corrected chi connectivity index (χ0v) is 22.9. The maximum absolute atomic E-state index is 13.7. The molecule has 3 aliphatic rings. The Kier molecular flexibility index (Phi) is 7.91. The Morgan fingerprint density at radius 2 is 1.88 bits per heavy atom. The summed E-state index contributed by atoms with van der Waals surface area (Å²) in [6, 6.07) is 1.99. The van der Waals surface area contributed by atoms with Crippen molar-refractivity contribution in [3.05, 3.63) is 21.4 Å². The van der Waals surface area contributed by atoms with Crippen LogP contribution in [0.15, 0.2) is 12.3 Å². The molecule has 2 aliphatic heterocycles. The van der Waals surface area contributed by atoms with Gasteiger partial charge >= 0.3 is 6.09 Å². The smallest absolute Gasteiger partial charge is 0.411 e. The zero-order chi connectivity index (χ0) is 24.5. The first kappa shape index (κ1) is 25.5. The van der Waals surface area contributed by atoms with E-state index in [9.17, 15) is 9.59 Å². The third kappa shape index (κ3) is 6.13. The Labute approximate surface area is 216 Å². The van der Waals surface area contributed by atoms with Gasteiger partial charge in [0.1, 0.15) is 17.7 Å². The number of carbonyl (C=O) groups is 2. The number of aromatic nitrogens is 1. The highest BCUT2D eigenvalue weighted by Crippen LogP contribution is 2.29. The molecule has 188 valence electrons. The van der Waals surface area contributed by atoms with Gasteiger partial charge in [-0.25, -0.2) is 9.78 Å². The van der Waals surface area contributed by atoms with Crippen LogP contribution in [0.25, 0.3) is 0 Å². The second-order valence-electron chi connectivity index (χ2n) is 10.7. The molecule has 1 saturated carbocycles. The summed E-state index contributed by atoms with van der Waals surface area (Å²) in [5.41, 5.74) is 0.448. The molecule has 0 unspecified atom stereocenters. The predicted octanol–water partition coefficient (Wildman–Crippen LogP) is 3.84. The summed E-state index contributed by atoms with van der Waals surface area (Å²) in [6.45, 7) is 11.2. The van der Waals surface area contributed by atoms with Gasteiger partial charge in [0, 0.05) is 54.5 Å². The van der Waals surface area contributed by atoms with E-state index in [1.165, 1.54) is 19.3 Å². The molecule has 3 fully saturated rings. The summed E-state index contributed by atoms with van der Waals surface area (Å²) in [5, 5.41) is 0. The average molecular weight is 584 g/mol. The van der Waals surface area contributed by atoms with Crippen molar-refractivity contribution < 1.29 is 19.1 Å². The molecular weight excluding hydrogens is 547 g/mol. The lowest BCUT2D eigenvalue weighted by molar-refractivity contribution is -0.135. The molecule has 8 nitrogen and oxygen atoms in total. The third-order valence-corrected chi connectivity index (χ3v) is 8.07. The highest BCUT2D eigenvalue weighted by Gasteiger charge is 2.44. The minimum absolute atomic E-state index is 0.00105. The van der Waals surface area contributed by atoms with Gasteiger partial charge in [-0.3, -0.25) is 14.6 Å². The molecule has 1 aliphatic carbocycles. The van der Waals surface area contributed by atoms with Crippen LogP contribution >= 0.6 is 22.6 Å². The summed E-state index contributed by atoms with van der Waals surface area (Å²) >= 11 is 2.26. The topological polar surface area (TPSA) is 75.2 Å². The number of amides is 2. The molecule has 2 amide bonds. The van der Waals surface area contributed by atoms with Crippen molar-refractivity contribution >= 4 is 34.6 Å². The van der Waals surface area contributed by atoms with Crippen LogP contribution in [-0.2, 0) is 9.53 Å². The SMILES string of the molecule is Cc1cnc(O[C@H]2C[C@H](C(=O)N3CCCN(C4CCC4)CC3)N(C(=O)OC(C)(C)C)C2)cc1I. The van der Waals surface area contributed by atoms with Crippen LogP contribution in [0.2, 0.25) is 0 Å². The first-order chi connectivity index (χ1) is 16.1. The van der Waals surface area contributed by atoms with Crippen LogP contribution < -0.4 is 4.74 Å². The number of carbonyl (C=O) groups excluding carboxylic acids is 2. The largest absolute Gasteiger partial charge is 0.472 e. The minimum Gasteiger partial charge on any atom is -0.472 e. The van der Waals surface area contributed by atoms with Gasteiger partial charge < -0.3 is 14.4 Å². The summed E-state index contributed by atoms with van der Waals surface area (Å²) in [6.07, 6.45) is 6.26. The monoisotopic (exact) mass is 584 g/mol. The molecule has 0 N–H and O–H groups in total. The van der Waals surface area contributed by atoms with Crippen LogP contribution in [0.1, 0.15) is 58.4 Å². The number of hydrogen-bond acceptors (Lipinski definition) is 6. The lowest BCUT2D eigenvalue weighted by Gasteiger charge is -2.37. The van der Waals surface area contributed by atoms with Crippen molar-refractivity contribution in [3.63, 3.8) is 0 Å². The van der Waals surface area contributed by atoms with Crippen LogP contribution in [0.3, 0.4) is 0 Å². The average Bonchev–Trinajstić information content (AvgIpc) is 2.99. The molecule has 0 aromatic carbocycles. The Bertz CT molecular complexity index is 901. The van der Waals surface area contributed by atoms with E-state index in [0.717, 1.165) is 35.2 Å². The van der Waals surface area contributed by atoms with E-state index < -0.39 is 17.7 Å². The van der Waals surface area contributed by atoms with E-state index >= 15 is 0 Å². The molecule has 0 bridgehead atoms. The molecule has 2 saturated heterocycles. The van der Waals surface area contributed by atoms with Crippen molar-refractivity contribution in [3.8, 4) is 5.88 Å². The van der Waals surface area contributed by atoms with Gasteiger partial charge in [0.05, 0.1) is 6.54 Å². The molecular formula is C25H37IN4O4. The van der Waals surface area contributed by atoms with E-state index in [2.05, 4.69) is 32.5 Å². The number of rotatable bonds is 4. The summed E-state index contributed by atoms with van der Waals surface area (Å²) in [4.78, 5) is 37.2. The van der Waals surface area contributed by atoms with Gasteiger partial charge in [0.15, 0.2) is 0 Å². The lowest BCUT2D eigenvalue weighted by Crippen LogP contribution is -2.50.